The van der Waals surface area contributed by atoms with Gasteiger partial charge < -0.3 is 58.7 Å². The first-order valence-electron chi connectivity index (χ1n) is 33.6. The van der Waals surface area contributed by atoms with E-state index in [0.717, 1.165) is 0 Å². The van der Waals surface area contributed by atoms with Crippen LogP contribution in [0.2, 0.25) is 0 Å². The number of ketones is 2. The zero-order valence-electron chi connectivity index (χ0n) is 64.3. The van der Waals surface area contributed by atoms with E-state index in [9.17, 15) is 53.1 Å². The lowest BCUT2D eigenvalue weighted by Crippen LogP contribution is -2.62. The maximum Gasteiger partial charge on any atom is 0.326 e. The Labute approximate surface area is 481 Å². The van der Waals surface area contributed by atoms with Gasteiger partial charge in [-0.05, 0) is 105 Å². The molecule has 2 aliphatic heterocycles. The average molecular weight is 1110 g/mol. The van der Waals surface area contributed by atoms with Gasteiger partial charge in [-0.1, -0.05) is 107 Å². The van der Waals surface area contributed by atoms with Crippen LogP contribution in [0.25, 0.3) is 0 Å². The number of carboxylic acids is 1. The predicted molar refractivity (Wildman–Crippen MR) is 289 cm³/mol. The van der Waals surface area contributed by atoms with Gasteiger partial charge in [0, 0.05) is 54.8 Å². The molecule has 0 spiro atoms. The molecule has 12 N–H and O–H groups in total. The van der Waals surface area contributed by atoms with E-state index in [-0.39, 0.29) is 48.0 Å². The van der Waals surface area contributed by atoms with Gasteiger partial charge in [-0.2, -0.15) is 0 Å². The number of piperidine rings is 2. The number of carbonyl (C=O) groups is 10. The number of aliphatic carboxylic acids is 1. The van der Waals surface area contributed by atoms with Gasteiger partial charge in [0.15, 0.2) is 0 Å². The third-order valence-electron chi connectivity index (χ3n) is 13.9. The predicted octanol–water partition coefficient (Wildman–Crippen LogP) is 3.76. The van der Waals surface area contributed by atoms with Crippen molar-refractivity contribution in [2.45, 2.75) is 209 Å². The topological polar surface area (TPSA) is 336 Å². The van der Waals surface area contributed by atoms with Crippen molar-refractivity contribution in [1.82, 2.24) is 36.4 Å². The van der Waals surface area contributed by atoms with Crippen LogP contribution in [0.15, 0.2) is 0 Å². The summed E-state index contributed by atoms with van der Waals surface area (Å²) in [6.07, 6.45) is -27.3. The average Bonchev–Trinajstić information content (AvgIpc) is 1.08. The third-order valence-corrected chi connectivity index (χ3v) is 13.9. The fourth-order valence-corrected chi connectivity index (χ4v) is 9.70. The van der Waals surface area contributed by atoms with Crippen LogP contribution in [-0.2, 0) is 38.4 Å². The van der Waals surface area contributed by atoms with Crippen molar-refractivity contribution < 1.29 is 77.7 Å². The number of nitrogens with zero attached hydrogens (tertiary/aromatic N) is 2. The van der Waals surface area contributed by atoms with E-state index < -0.39 is 185 Å². The summed E-state index contributed by atoms with van der Waals surface area (Å²) in [5, 5.41) is 22.7. The molecule has 2 heterocycles. The van der Waals surface area contributed by atoms with Crippen LogP contribution >= 0.6 is 12.4 Å². The van der Waals surface area contributed by atoms with Crippen LogP contribution in [0.3, 0.4) is 0 Å². The zero-order chi connectivity index (χ0) is 73.7. The van der Waals surface area contributed by atoms with E-state index in [1.165, 1.54) is 9.80 Å². The first-order chi connectivity index (χ1) is 40.8. The van der Waals surface area contributed by atoms with Crippen molar-refractivity contribution in [3.05, 3.63) is 0 Å². The molecule has 6 fully saturated rings. The zero-order valence-corrected chi connectivity index (χ0v) is 47.1. The highest BCUT2D eigenvalue weighted by atomic mass is 35.5. The molecule has 9 amide bonds. The SMILES string of the molecule is CC(C)(C)NC(=O)N[C@H](C(=O)N1C[C@H]2[C@@H]([C@H]1C(=O)O)C2(C)C)C(C)(C)C.Cl.[2H]C([2H])(C(N)C(=O)C(N)=O)C1([2H])C([2H])([2H])C([2H])([2H])C1([2H])[2H].[2H]C([2H])(C(NC(=O)[C@@H]1[C@@H]2[C@H](CN1C(=O)[C@@H](NC(=O)NC(C)(C)C)C(C)(C)C)C2(C)C)C(=O)C(N)=O)C1([2H])C([2H])([2H])C([2H])([2H])C1([2H])[2H]. The Morgan fingerprint density at radius 3 is 1.32 bits per heavy atom. The number of nitrogens with one attached hydrogen (secondary N) is 5. The van der Waals surface area contributed by atoms with Crippen molar-refractivity contribution in [3.8, 4) is 0 Å². The fraction of sp³-hybridized carbons (Fsp3) is 0.815. The van der Waals surface area contributed by atoms with Crippen LogP contribution in [0, 0.1) is 57.1 Å². The highest BCUT2D eigenvalue weighted by molar-refractivity contribution is 6.38. The second kappa shape index (κ2) is 23.9. The summed E-state index contributed by atoms with van der Waals surface area (Å²) in [4.78, 5) is 128. The molecule has 0 aromatic rings. The number of carboxylic acid groups (broad SMARTS) is 1. The number of amides is 9. The molecule has 0 aromatic heterocycles. The molecule has 6 aliphatic rings. The summed E-state index contributed by atoms with van der Waals surface area (Å²) in [6.45, 7) is 29.8. The largest absolute Gasteiger partial charge is 0.480 e. The Balaban J connectivity index is 0.000000404. The van der Waals surface area contributed by atoms with Crippen molar-refractivity contribution in [2.24, 2.45) is 74.3 Å². The summed E-state index contributed by atoms with van der Waals surface area (Å²) in [5.74, 6) is -17.5. The molecular formula is C54H93ClN10O11. The van der Waals surface area contributed by atoms with Crippen LogP contribution in [0.1, 0.15) is 186 Å². The van der Waals surface area contributed by atoms with E-state index in [1.54, 1.807) is 41.5 Å². The van der Waals surface area contributed by atoms with Gasteiger partial charge in [-0.3, -0.25) is 33.6 Å². The highest BCUT2D eigenvalue weighted by Gasteiger charge is 2.71. The van der Waals surface area contributed by atoms with E-state index in [2.05, 4.69) is 46.2 Å². The highest BCUT2D eigenvalue weighted by Crippen LogP contribution is 2.66. The van der Waals surface area contributed by atoms with Crippen LogP contribution in [0.5, 0.6) is 0 Å². The molecule has 0 bridgehead atoms. The van der Waals surface area contributed by atoms with Gasteiger partial charge in [0.25, 0.3) is 11.8 Å². The number of primary amides is 2. The number of nitrogens with two attached hydrogens (primary N) is 3. The van der Waals surface area contributed by atoms with Crippen LogP contribution in [0.4, 0.5) is 9.59 Å². The quantitative estimate of drug-likeness (QED) is 0.106. The summed E-state index contributed by atoms with van der Waals surface area (Å²) in [5.41, 5.74) is 12.0. The van der Waals surface area contributed by atoms with Gasteiger partial charge in [-0.15, -0.1) is 12.4 Å². The molecule has 0 radical (unpaired) electrons. The number of fused-ring (bicyclic) bond motifs is 2. The molecule has 4 aliphatic carbocycles. The minimum atomic E-state index is -3.74. The van der Waals surface area contributed by atoms with Crippen molar-refractivity contribution in [2.75, 3.05) is 13.1 Å². The van der Waals surface area contributed by atoms with Crippen molar-refractivity contribution >= 4 is 71.5 Å². The summed E-state index contributed by atoms with van der Waals surface area (Å²) in [7, 11) is 0. The number of carbonyl (C=O) groups excluding carboxylic acids is 9. The fourth-order valence-electron chi connectivity index (χ4n) is 9.70. The van der Waals surface area contributed by atoms with E-state index in [0.29, 0.717) is 6.54 Å². The molecule has 21 nitrogen and oxygen atoms in total. The van der Waals surface area contributed by atoms with Crippen molar-refractivity contribution in [1.29, 1.82) is 0 Å². The number of urea groups is 2. The Kier molecular flexibility index (Phi) is 13.2. The summed E-state index contributed by atoms with van der Waals surface area (Å²) < 4.78 is 142. The Morgan fingerprint density at radius 1 is 0.618 bits per heavy atom. The van der Waals surface area contributed by atoms with Crippen LogP contribution in [-0.4, -0.2) is 134 Å². The second-order valence-corrected chi connectivity index (χ2v) is 25.1. The molecule has 2 saturated heterocycles. The number of halogens is 1. The lowest BCUT2D eigenvalue weighted by molar-refractivity contribution is -0.152. The smallest absolute Gasteiger partial charge is 0.326 e. The van der Waals surface area contributed by atoms with Gasteiger partial charge in [-0.25, -0.2) is 14.4 Å². The van der Waals surface area contributed by atoms with Crippen molar-refractivity contribution in [3.63, 3.8) is 0 Å². The molecule has 76 heavy (non-hydrogen) atoms. The summed E-state index contributed by atoms with van der Waals surface area (Å²) >= 11 is 0. The molecule has 6 rings (SSSR count). The molecule has 22 heteroatoms. The standard InChI is InChI=1S/C27H45N5O5.C19H33N3O4.C8H14N2O2.ClH/c1-25(2,3)20(30-24(37)31-26(4,5)6)23(36)32-13-15-17(27(15,7)8)18(32)22(35)29-16(19(33)21(28)34)12-14-10-9-11-14;1-17(2,3)13(20-16(26)21-18(4,5)6)14(23)22-9-10-11(19(10,7)8)12(22)15(24)25;9-6(7(11)8(10)12)4-5-2-1-3-5;/h14-18,20H,9-13H2,1-8H3,(H2,28,34)(H,29,35)(H2,30,31,37);10-13H,9H2,1-8H3,(H,24,25)(H2,20,21,26);5-6H,1-4,9H2,(H2,10,12);1H/t15-,16?,17-,18-,20+;10-,11-,12-,13+;;/m00../s1/i9D2,10D2,11D2,12D2,14D;;1D2,2D2,3D2,4D2,5D;. The number of Topliss-reactive ketones (excluding diaryl/α,β-unsaturated/α-hetero) is 2. The minimum absolute atomic E-state index is 0. The second-order valence-electron chi connectivity index (χ2n) is 25.1. The molecule has 0 aromatic carbocycles. The van der Waals surface area contributed by atoms with Gasteiger partial charge in [0.2, 0.25) is 29.3 Å². The van der Waals surface area contributed by atoms with Crippen LogP contribution < -0.4 is 43.8 Å². The lowest BCUT2D eigenvalue weighted by Gasteiger charge is -2.38. The Bertz CT molecular complexity index is 3040. The van der Waals surface area contributed by atoms with E-state index in [1.807, 2.05) is 55.4 Å². The lowest BCUT2D eigenvalue weighted by atomic mass is 9.80. The molecule has 432 valence electrons. The van der Waals surface area contributed by atoms with E-state index in [4.69, 9.17) is 36.1 Å². The summed E-state index contributed by atoms with van der Waals surface area (Å²) in [6, 6.07) is -10.3. The molecule has 10 atom stereocenters. The number of rotatable bonds is 15. The maximum absolute atomic E-state index is 14.1. The monoisotopic (exact) mass is 1110 g/mol. The third kappa shape index (κ3) is 16.0. The molecule has 4 saturated carbocycles. The first kappa shape index (κ1) is 42.0. The maximum atomic E-state index is 14.1. The number of hydrogen-bond donors (Lipinski definition) is 9. The minimum Gasteiger partial charge on any atom is -0.480 e. The Morgan fingerprint density at radius 2 is 0.974 bits per heavy atom. The number of likely N-dealkylation sites (tertiary alicyclic amines) is 2. The number of hydrogen-bond acceptors (Lipinski definition) is 11. The first-order valence-corrected chi connectivity index (χ1v) is 24.6. The normalized spacial score (nSPS) is 34.2. The van der Waals surface area contributed by atoms with Gasteiger partial charge >= 0.3 is 18.0 Å². The molecule has 2 unspecified atom stereocenters. The Hall–Kier alpha value is -5.05. The van der Waals surface area contributed by atoms with Gasteiger partial charge in [0.05, 0.1) is 12.1 Å². The van der Waals surface area contributed by atoms with Gasteiger partial charge in [0.1, 0.15) is 24.2 Å². The van der Waals surface area contributed by atoms with E-state index >= 15 is 0 Å². The molecular weight excluding hydrogens is 1000 g/mol.